The number of aliphatic hydroxyl groups is 3. The van der Waals surface area contributed by atoms with Crippen molar-refractivity contribution in [2.45, 2.75) is 77.2 Å². The molecule has 222 valence electrons. The van der Waals surface area contributed by atoms with E-state index in [9.17, 15) is 20.4 Å². The Morgan fingerprint density at radius 3 is 2.73 bits per heavy atom. The van der Waals surface area contributed by atoms with Crippen LogP contribution in [0.25, 0.3) is 0 Å². The number of hydrogen-bond acceptors (Lipinski definition) is 9. The third kappa shape index (κ3) is 9.26. The number of benzene rings is 1. The number of phenols is 1. The van der Waals surface area contributed by atoms with E-state index in [1.54, 1.807) is 25.3 Å². The zero-order chi connectivity index (χ0) is 29.1. The number of aryl methyl sites for hydroxylation is 1. The van der Waals surface area contributed by atoms with Gasteiger partial charge >= 0.3 is 0 Å². The van der Waals surface area contributed by atoms with Crippen LogP contribution in [0.3, 0.4) is 0 Å². The molecule has 0 spiro atoms. The Morgan fingerprint density at radius 2 is 2.02 bits per heavy atom. The van der Waals surface area contributed by atoms with Crippen molar-refractivity contribution in [2.75, 3.05) is 33.4 Å². The van der Waals surface area contributed by atoms with Gasteiger partial charge in [-0.2, -0.15) is 11.6 Å². The van der Waals surface area contributed by atoms with E-state index in [-0.39, 0.29) is 37.0 Å². The molecule has 9 heteroatoms. The second-order valence-corrected chi connectivity index (χ2v) is 10.8. The number of phenolic OH excluding ortho intramolecular Hbond substituents is 1. The Kier molecular flexibility index (Phi) is 12.8. The summed E-state index contributed by atoms with van der Waals surface area (Å²) in [5.41, 5.74) is 2.88. The fourth-order valence-electron chi connectivity index (χ4n) is 4.88. The first-order valence-corrected chi connectivity index (χ1v) is 14.4. The minimum absolute atomic E-state index is 0.00619. The third-order valence-corrected chi connectivity index (χ3v) is 7.38. The predicted molar refractivity (Wildman–Crippen MR) is 157 cm³/mol. The molecule has 2 aliphatic heterocycles. The van der Waals surface area contributed by atoms with Gasteiger partial charge in [0.1, 0.15) is 12.2 Å². The fourth-order valence-corrected chi connectivity index (χ4v) is 4.88. The molecule has 0 saturated carbocycles. The average Bonchev–Trinajstić information content (AvgIpc) is 3.59. The number of rotatable bonds is 18. The van der Waals surface area contributed by atoms with Crippen molar-refractivity contribution in [3.8, 4) is 11.5 Å². The molecule has 2 aliphatic rings. The zero-order valence-corrected chi connectivity index (χ0v) is 24.3. The predicted octanol–water partition coefficient (Wildman–Crippen LogP) is 2.84. The number of nitrogens with zero attached hydrogens (tertiary/aromatic N) is 1. The van der Waals surface area contributed by atoms with Gasteiger partial charge in [0, 0.05) is 31.8 Å². The Hall–Kier alpha value is -2.53. The van der Waals surface area contributed by atoms with Gasteiger partial charge in [-0.15, -0.1) is 4.99 Å². The van der Waals surface area contributed by atoms with Crippen molar-refractivity contribution in [2.24, 2.45) is 10.9 Å². The minimum atomic E-state index is -0.957. The van der Waals surface area contributed by atoms with Gasteiger partial charge in [0.25, 0.3) is 0 Å². The van der Waals surface area contributed by atoms with Crippen molar-refractivity contribution >= 4 is 6.21 Å². The lowest BCUT2D eigenvalue weighted by atomic mass is 9.92. The molecule has 5 unspecified atom stereocenters. The number of aliphatic imine (C=N–C) groups is 1. The maximum Gasteiger partial charge on any atom is 0.181 e. The number of nitrogens with one attached hydrogen (secondary N) is 2. The van der Waals surface area contributed by atoms with Gasteiger partial charge in [-0.05, 0) is 51.4 Å². The number of unbranched alkanes of at least 4 members (excludes halogenated alkanes) is 1. The van der Waals surface area contributed by atoms with E-state index in [1.165, 1.54) is 0 Å². The number of likely N-dealkylation sites (N-methyl/N-ethyl adjacent to an activating group) is 1. The van der Waals surface area contributed by atoms with Gasteiger partial charge in [0.05, 0.1) is 18.1 Å². The molecule has 0 radical (unpaired) electrons. The minimum Gasteiger partial charge on any atom is -0.504 e. The van der Waals surface area contributed by atoms with Crippen LogP contribution in [0.4, 0.5) is 0 Å². The van der Waals surface area contributed by atoms with Crippen molar-refractivity contribution in [3.05, 3.63) is 59.2 Å². The molecule has 6 N–H and O–H groups in total. The maximum absolute atomic E-state index is 10.8. The molecule has 5 atom stereocenters. The van der Waals surface area contributed by atoms with Crippen LogP contribution in [0.5, 0.6) is 11.5 Å². The second-order valence-electron chi connectivity index (χ2n) is 10.8. The molecular weight excluding hydrogens is 510 g/mol. The lowest BCUT2D eigenvalue weighted by molar-refractivity contribution is 0.103. The smallest absolute Gasteiger partial charge is 0.181 e. The van der Waals surface area contributed by atoms with Crippen molar-refractivity contribution in [3.63, 3.8) is 0 Å². The van der Waals surface area contributed by atoms with Gasteiger partial charge in [-0.1, -0.05) is 38.4 Å². The number of aliphatic hydroxyl groups excluding tert-OH is 3. The summed E-state index contributed by atoms with van der Waals surface area (Å²) in [6.45, 7) is 7.14. The maximum atomic E-state index is 10.8. The molecule has 2 heterocycles. The number of ether oxygens (including phenoxy) is 2. The molecule has 0 bridgehead atoms. The monoisotopic (exact) mass is 557 g/mol. The normalized spacial score (nSPS) is 19.9. The van der Waals surface area contributed by atoms with Crippen LogP contribution in [-0.2, 0) is 11.2 Å². The lowest BCUT2D eigenvalue weighted by Crippen LogP contribution is -2.45. The van der Waals surface area contributed by atoms with E-state index in [1.807, 2.05) is 25.3 Å². The first-order valence-electron chi connectivity index (χ1n) is 14.4. The van der Waals surface area contributed by atoms with Crippen LogP contribution in [0.15, 0.2) is 46.5 Å². The number of aromatic hydroxyl groups is 1. The summed E-state index contributed by atoms with van der Waals surface area (Å²) >= 11 is 0. The highest BCUT2D eigenvalue weighted by molar-refractivity contribution is 5.84. The van der Waals surface area contributed by atoms with E-state index in [0.29, 0.717) is 31.2 Å². The van der Waals surface area contributed by atoms with E-state index in [0.717, 1.165) is 48.6 Å². The molecule has 1 aromatic carbocycles. The summed E-state index contributed by atoms with van der Waals surface area (Å²) in [4.78, 5) is 4.41. The zero-order valence-electron chi connectivity index (χ0n) is 24.3. The highest BCUT2D eigenvalue weighted by atomic mass is 16.5. The largest absolute Gasteiger partial charge is 0.504 e. The Bertz CT molecular complexity index is 1010. The SMILES string of the molecule is CCCCC1O[C-](CCc2ccc(O)c(OCC(O)[C+]3C=C(C(C)C(CNC)NCC(C)O)C=N3)c2)C=C1CO. The summed E-state index contributed by atoms with van der Waals surface area (Å²) in [5.74, 6) is 0.415. The highest BCUT2D eigenvalue weighted by Gasteiger charge is 2.34. The van der Waals surface area contributed by atoms with Crippen molar-refractivity contribution in [1.82, 2.24) is 10.6 Å². The molecule has 0 aliphatic carbocycles. The van der Waals surface area contributed by atoms with Gasteiger partial charge in [0.15, 0.2) is 29.9 Å². The standard InChI is InChI=1S/C31H47N3O6/c1-5-6-7-30-24(18-35)13-25(40-30)10-8-22-9-11-28(37)31(12-22)39-19-29(38)26-14-23(16-34-26)21(3)27(17-32-4)33-15-20(2)36/h9,11-14,16,20-21,27,29-30,32-33,35-38H,5-8,10,15,17-19H2,1-4H3. The molecule has 0 saturated heterocycles. The van der Waals surface area contributed by atoms with Crippen LogP contribution in [0, 0.1) is 18.1 Å². The Morgan fingerprint density at radius 1 is 1.23 bits per heavy atom. The van der Waals surface area contributed by atoms with E-state index < -0.39 is 12.2 Å². The molecule has 0 aromatic heterocycles. The highest BCUT2D eigenvalue weighted by Crippen LogP contribution is 2.33. The summed E-state index contributed by atoms with van der Waals surface area (Å²) in [5, 5.41) is 47.0. The topological polar surface area (TPSA) is 136 Å². The van der Waals surface area contributed by atoms with Crippen LogP contribution in [-0.4, -0.2) is 84.3 Å². The Labute approximate surface area is 239 Å². The summed E-state index contributed by atoms with van der Waals surface area (Å²) < 4.78 is 11.9. The molecule has 3 rings (SSSR count). The van der Waals surface area contributed by atoms with Gasteiger partial charge in [0.2, 0.25) is 0 Å². The summed E-state index contributed by atoms with van der Waals surface area (Å²) in [6, 6.07) is 5.82. The van der Waals surface area contributed by atoms with Gasteiger partial charge < -0.3 is 40.5 Å². The summed E-state index contributed by atoms with van der Waals surface area (Å²) in [7, 11) is 1.89. The number of hydrogen-bond donors (Lipinski definition) is 6. The van der Waals surface area contributed by atoms with Crippen LogP contribution < -0.4 is 15.4 Å². The van der Waals surface area contributed by atoms with Gasteiger partial charge in [-0.3, -0.25) is 0 Å². The molecule has 1 aromatic rings. The molecule has 0 fully saturated rings. The van der Waals surface area contributed by atoms with Crippen LogP contribution in [0.2, 0.25) is 0 Å². The van der Waals surface area contributed by atoms with Crippen molar-refractivity contribution < 1.29 is 29.9 Å². The van der Waals surface area contributed by atoms with Crippen molar-refractivity contribution in [1.29, 1.82) is 0 Å². The lowest BCUT2D eigenvalue weighted by Gasteiger charge is -2.24. The first kappa shape index (κ1) is 32.0. The first-order chi connectivity index (χ1) is 19.2. The van der Waals surface area contributed by atoms with Crippen LogP contribution >= 0.6 is 0 Å². The van der Waals surface area contributed by atoms with Gasteiger partial charge in [-0.25, -0.2) is 0 Å². The van der Waals surface area contributed by atoms with E-state index in [2.05, 4.69) is 29.5 Å². The van der Waals surface area contributed by atoms with E-state index >= 15 is 0 Å². The summed E-state index contributed by atoms with van der Waals surface area (Å²) in [6.07, 6.45) is 9.43. The third-order valence-electron chi connectivity index (χ3n) is 7.38. The Balaban J connectivity index is 1.52. The average molecular weight is 558 g/mol. The van der Waals surface area contributed by atoms with Crippen LogP contribution in [0.1, 0.15) is 52.0 Å². The quantitative estimate of drug-likeness (QED) is 0.152. The molecule has 40 heavy (non-hydrogen) atoms. The molecule has 0 amide bonds. The fraction of sp³-hybridized carbons (Fsp3) is 0.581. The molecular formula is C31H47N3O6. The second kappa shape index (κ2) is 16.0. The van der Waals surface area contributed by atoms with E-state index in [4.69, 9.17) is 9.47 Å². The molecule has 9 nitrogen and oxygen atoms in total.